The maximum atomic E-state index is 2.37. The first-order valence-corrected chi connectivity index (χ1v) is 9.78. The van der Waals surface area contributed by atoms with Gasteiger partial charge in [0.1, 0.15) is 7.05 Å². The number of hydrogen-bond donors (Lipinski definition) is 0. The second kappa shape index (κ2) is 5.53. The van der Waals surface area contributed by atoms with E-state index in [2.05, 4.69) is 104 Å². The molecule has 0 aliphatic heterocycles. The van der Waals surface area contributed by atoms with E-state index in [-0.39, 0.29) is 0 Å². The van der Waals surface area contributed by atoms with Gasteiger partial charge in [-0.05, 0) is 67.7 Å². The summed E-state index contributed by atoms with van der Waals surface area (Å²) in [5.41, 5.74) is 3.90. The van der Waals surface area contributed by atoms with Crippen molar-refractivity contribution >= 4 is 43.1 Å². The van der Waals surface area contributed by atoms with Gasteiger partial charge in [0.15, 0.2) is 6.20 Å². The predicted octanol–water partition coefficient (Wildman–Crippen LogP) is 6.54. The molecule has 6 rings (SSSR count). The molecule has 1 nitrogen and oxygen atoms in total. The van der Waals surface area contributed by atoms with E-state index in [1.54, 1.807) is 0 Å². The monoisotopic (exact) mass is 358 g/mol. The maximum Gasteiger partial charge on any atom is 0.212 e. The number of fused-ring (bicyclic) bond motifs is 3. The zero-order valence-corrected chi connectivity index (χ0v) is 16.0. The topological polar surface area (TPSA) is 3.88 Å². The van der Waals surface area contributed by atoms with Crippen molar-refractivity contribution < 1.29 is 4.57 Å². The Hall–Kier alpha value is -3.45. The lowest BCUT2D eigenvalue weighted by molar-refractivity contribution is -0.660. The Labute approximate surface area is 163 Å². The average Bonchev–Trinajstić information content (AvgIpc) is 2.74. The van der Waals surface area contributed by atoms with E-state index < -0.39 is 0 Å². The molecule has 1 heteroatoms. The Morgan fingerprint density at radius 1 is 0.607 bits per heavy atom. The fourth-order valence-corrected chi connectivity index (χ4v) is 4.94. The molecule has 0 unspecified atom stereocenters. The first-order valence-electron chi connectivity index (χ1n) is 9.78. The van der Waals surface area contributed by atoms with E-state index in [0.29, 0.717) is 0 Å². The van der Waals surface area contributed by atoms with Crippen LogP contribution in [0.2, 0.25) is 0 Å². The smallest absolute Gasteiger partial charge is 0.201 e. The summed E-state index contributed by atoms with van der Waals surface area (Å²) in [5.74, 6) is 0. The molecule has 0 N–H and O–H groups in total. The van der Waals surface area contributed by atoms with Crippen molar-refractivity contribution in [3.8, 4) is 11.3 Å². The van der Waals surface area contributed by atoms with Crippen LogP contribution in [-0.4, -0.2) is 0 Å². The normalized spacial score (nSPS) is 11.9. The summed E-state index contributed by atoms with van der Waals surface area (Å²) >= 11 is 0. The number of rotatable bonds is 1. The molecule has 1 aromatic heterocycles. The Morgan fingerprint density at radius 2 is 1.32 bits per heavy atom. The van der Waals surface area contributed by atoms with Crippen LogP contribution in [0, 0.1) is 6.92 Å². The molecule has 0 saturated carbocycles. The molecule has 0 bridgehead atoms. The first kappa shape index (κ1) is 15.6. The highest BCUT2D eigenvalue weighted by Crippen LogP contribution is 2.44. The van der Waals surface area contributed by atoms with E-state index in [0.717, 1.165) is 0 Å². The van der Waals surface area contributed by atoms with E-state index >= 15 is 0 Å². The zero-order valence-electron chi connectivity index (χ0n) is 16.0. The van der Waals surface area contributed by atoms with Gasteiger partial charge >= 0.3 is 0 Å². The molecule has 0 fully saturated rings. The summed E-state index contributed by atoms with van der Waals surface area (Å²) in [7, 11) is 2.12. The predicted molar refractivity (Wildman–Crippen MR) is 119 cm³/mol. The standard InChI is InChI=1S/C27H20N/c1-17-23(24-12-5-6-15-28(24)2)16-19-14-13-18-8-7-11-22-20-9-3-4-10-21(20)25(17)27(19)26(18)22/h3-16H,1-2H3/q+1. The van der Waals surface area contributed by atoms with E-state index in [9.17, 15) is 0 Å². The molecule has 28 heavy (non-hydrogen) atoms. The Balaban J connectivity index is 1.94. The molecular formula is C27H20N+. The van der Waals surface area contributed by atoms with Gasteiger partial charge in [0, 0.05) is 12.1 Å². The number of pyridine rings is 1. The number of aromatic nitrogens is 1. The third-order valence-corrected chi connectivity index (χ3v) is 6.22. The van der Waals surface area contributed by atoms with Gasteiger partial charge in [0.05, 0.1) is 5.56 Å². The molecule has 0 saturated heterocycles. The average molecular weight is 358 g/mol. The van der Waals surface area contributed by atoms with Crippen LogP contribution in [-0.2, 0) is 7.05 Å². The second-order valence-corrected chi connectivity index (χ2v) is 7.73. The maximum absolute atomic E-state index is 2.37. The van der Waals surface area contributed by atoms with Gasteiger partial charge in [-0.1, -0.05) is 54.6 Å². The molecule has 0 atom stereocenters. The van der Waals surface area contributed by atoms with Gasteiger partial charge in [-0.25, -0.2) is 4.57 Å². The lowest BCUT2D eigenvalue weighted by Crippen LogP contribution is -2.30. The minimum atomic E-state index is 1.24. The number of aryl methyl sites for hydroxylation is 2. The van der Waals surface area contributed by atoms with Gasteiger partial charge in [-0.2, -0.15) is 0 Å². The van der Waals surface area contributed by atoms with Gasteiger partial charge in [0.25, 0.3) is 0 Å². The SMILES string of the molecule is Cc1c(-c2cccc[n+]2C)cc2ccc3cccc4c5ccccc5c1c2c34. The van der Waals surface area contributed by atoms with Crippen molar-refractivity contribution in [2.24, 2.45) is 7.05 Å². The van der Waals surface area contributed by atoms with Gasteiger partial charge < -0.3 is 0 Å². The quantitative estimate of drug-likeness (QED) is 0.178. The van der Waals surface area contributed by atoms with Crippen LogP contribution >= 0.6 is 0 Å². The summed E-state index contributed by atoms with van der Waals surface area (Å²) in [4.78, 5) is 0. The fourth-order valence-electron chi connectivity index (χ4n) is 4.94. The number of nitrogens with zero attached hydrogens (tertiary/aromatic N) is 1. The third kappa shape index (κ3) is 1.94. The zero-order chi connectivity index (χ0) is 18.8. The largest absolute Gasteiger partial charge is 0.212 e. The van der Waals surface area contributed by atoms with Crippen LogP contribution in [0.25, 0.3) is 54.3 Å². The summed E-state index contributed by atoms with van der Waals surface area (Å²) < 4.78 is 2.21. The molecule has 0 aliphatic carbocycles. The van der Waals surface area contributed by atoms with Gasteiger partial charge in [0.2, 0.25) is 5.69 Å². The highest BCUT2D eigenvalue weighted by atomic mass is 14.9. The highest BCUT2D eigenvalue weighted by molar-refractivity contribution is 6.34. The Kier molecular flexibility index (Phi) is 3.08. The lowest BCUT2D eigenvalue weighted by atomic mass is 9.85. The molecule has 6 aromatic rings. The van der Waals surface area contributed by atoms with E-state index in [1.807, 2.05) is 0 Å². The summed E-state index contributed by atoms with van der Waals surface area (Å²) in [6.45, 7) is 2.28. The molecular weight excluding hydrogens is 338 g/mol. The Bertz CT molecular complexity index is 1520. The minimum absolute atomic E-state index is 1.24. The van der Waals surface area contributed by atoms with Crippen LogP contribution < -0.4 is 4.57 Å². The molecule has 0 radical (unpaired) electrons. The van der Waals surface area contributed by atoms with Crippen LogP contribution in [0.4, 0.5) is 0 Å². The van der Waals surface area contributed by atoms with Crippen LogP contribution in [0.1, 0.15) is 5.56 Å². The highest BCUT2D eigenvalue weighted by Gasteiger charge is 2.20. The summed E-state index contributed by atoms with van der Waals surface area (Å²) in [6.07, 6.45) is 2.12. The first-order chi connectivity index (χ1) is 13.7. The van der Waals surface area contributed by atoms with Gasteiger partial charge in [-0.15, -0.1) is 0 Å². The molecule has 0 aliphatic rings. The minimum Gasteiger partial charge on any atom is -0.201 e. The van der Waals surface area contributed by atoms with E-state index in [4.69, 9.17) is 0 Å². The van der Waals surface area contributed by atoms with Crippen molar-refractivity contribution in [1.29, 1.82) is 0 Å². The number of hydrogen-bond acceptors (Lipinski definition) is 0. The summed E-state index contributed by atoms with van der Waals surface area (Å²) in [6, 6.07) is 28.9. The second-order valence-electron chi connectivity index (χ2n) is 7.73. The number of benzene rings is 5. The lowest BCUT2D eigenvalue weighted by Gasteiger charge is -2.18. The van der Waals surface area contributed by atoms with Crippen molar-refractivity contribution in [1.82, 2.24) is 0 Å². The molecule has 0 spiro atoms. The fraction of sp³-hybridized carbons (Fsp3) is 0.0741. The van der Waals surface area contributed by atoms with Crippen molar-refractivity contribution in [2.75, 3.05) is 0 Å². The van der Waals surface area contributed by atoms with Crippen molar-refractivity contribution in [3.63, 3.8) is 0 Å². The van der Waals surface area contributed by atoms with Crippen LogP contribution in [0.5, 0.6) is 0 Å². The molecule has 132 valence electrons. The molecule has 1 heterocycles. The van der Waals surface area contributed by atoms with Crippen LogP contribution in [0.3, 0.4) is 0 Å². The third-order valence-electron chi connectivity index (χ3n) is 6.22. The van der Waals surface area contributed by atoms with Crippen LogP contribution in [0.15, 0.2) is 85.1 Å². The van der Waals surface area contributed by atoms with Crippen molar-refractivity contribution in [3.05, 3.63) is 90.6 Å². The molecule has 5 aromatic carbocycles. The van der Waals surface area contributed by atoms with Crippen molar-refractivity contribution in [2.45, 2.75) is 6.92 Å². The summed E-state index contributed by atoms with van der Waals surface area (Å²) in [5, 5.41) is 10.8. The molecule has 0 amide bonds. The Morgan fingerprint density at radius 3 is 2.18 bits per heavy atom. The van der Waals surface area contributed by atoms with Gasteiger partial charge in [-0.3, -0.25) is 0 Å². The van der Waals surface area contributed by atoms with E-state index in [1.165, 1.54) is 59.9 Å².